The van der Waals surface area contributed by atoms with Crippen molar-refractivity contribution in [2.24, 2.45) is 10.7 Å². The fraction of sp³-hybridized carbons (Fsp3) is 0.318. The quantitative estimate of drug-likeness (QED) is 0.622. The first kappa shape index (κ1) is 17.7. The SMILES string of the molecule is COc1cc2c(cc1-c1cc3[nH]ccc3cn1)NC(=NCCC(N)=O)C21CCC1. The zero-order valence-corrected chi connectivity index (χ0v) is 16.3. The van der Waals surface area contributed by atoms with Gasteiger partial charge in [-0.15, -0.1) is 0 Å². The normalized spacial score (nSPS) is 17.9. The number of fused-ring (bicyclic) bond motifs is 3. The third-order valence-corrected chi connectivity index (χ3v) is 6.11. The molecular weight excluding hydrogens is 366 g/mol. The highest BCUT2D eigenvalue weighted by Gasteiger charge is 2.49. The van der Waals surface area contributed by atoms with Gasteiger partial charge < -0.3 is 20.8 Å². The van der Waals surface area contributed by atoms with Crippen molar-refractivity contribution < 1.29 is 9.53 Å². The van der Waals surface area contributed by atoms with Crippen LogP contribution in [0, 0.1) is 0 Å². The Balaban J connectivity index is 1.58. The highest BCUT2D eigenvalue weighted by Crippen LogP contribution is 2.53. The first-order valence-electron chi connectivity index (χ1n) is 9.87. The van der Waals surface area contributed by atoms with E-state index in [1.54, 1.807) is 7.11 Å². The molecule has 0 radical (unpaired) electrons. The van der Waals surface area contributed by atoms with Crippen molar-refractivity contribution in [1.82, 2.24) is 9.97 Å². The molecule has 1 amide bonds. The molecule has 3 aromatic rings. The Morgan fingerprint density at radius 3 is 2.93 bits per heavy atom. The van der Waals surface area contributed by atoms with E-state index in [4.69, 9.17) is 10.5 Å². The number of ether oxygens (including phenoxy) is 1. The number of amides is 1. The first-order chi connectivity index (χ1) is 14.1. The number of nitrogens with two attached hydrogens (primary N) is 1. The number of pyridine rings is 1. The Kier molecular flexibility index (Phi) is 4.04. The van der Waals surface area contributed by atoms with Crippen molar-refractivity contribution >= 4 is 28.3 Å². The number of anilines is 1. The Morgan fingerprint density at radius 2 is 2.21 bits per heavy atom. The molecule has 1 aliphatic heterocycles. The molecule has 0 unspecified atom stereocenters. The summed E-state index contributed by atoms with van der Waals surface area (Å²) in [6.45, 7) is 0.405. The maximum atomic E-state index is 11.1. The number of amidine groups is 1. The van der Waals surface area contributed by atoms with Gasteiger partial charge in [-0.25, -0.2) is 0 Å². The molecule has 1 aliphatic carbocycles. The minimum atomic E-state index is -0.331. The molecular formula is C22H23N5O2. The molecule has 1 aromatic carbocycles. The van der Waals surface area contributed by atoms with Crippen LogP contribution < -0.4 is 15.8 Å². The summed E-state index contributed by atoms with van der Waals surface area (Å²) in [4.78, 5) is 23.7. The maximum Gasteiger partial charge on any atom is 0.219 e. The van der Waals surface area contributed by atoms with Crippen LogP contribution in [0.5, 0.6) is 5.75 Å². The van der Waals surface area contributed by atoms with Crippen molar-refractivity contribution in [3.05, 3.63) is 42.2 Å². The number of nitrogens with one attached hydrogen (secondary N) is 2. The number of aromatic amines is 1. The van der Waals surface area contributed by atoms with Gasteiger partial charge >= 0.3 is 0 Å². The second kappa shape index (κ2) is 6.62. The summed E-state index contributed by atoms with van der Waals surface area (Å²) in [6.07, 6.45) is 7.27. The Morgan fingerprint density at radius 1 is 1.34 bits per heavy atom. The number of primary amides is 1. The van der Waals surface area contributed by atoms with E-state index in [1.807, 2.05) is 24.5 Å². The van der Waals surface area contributed by atoms with Crippen molar-refractivity contribution in [3.63, 3.8) is 0 Å². The first-order valence-corrected chi connectivity index (χ1v) is 9.87. The predicted octanol–water partition coefficient (Wildman–Crippen LogP) is 3.36. The number of aromatic nitrogens is 2. The van der Waals surface area contributed by atoms with Gasteiger partial charge in [-0.3, -0.25) is 14.8 Å². The number of rotatable bonds is 5. The number of hydrogen-bond donors (Lipinski definition) is 3. The summed E-state index contributed by atoms with van der Waals surface area (Å²) in [6, 6.07) is 8.26. The lowest BCUT2D eigenvalue weighted by Gasteiger charge is -2.38. The predicted molar refractivity (Wildman–Crippen MR) is 113 cm³/mol. The zero-order valence-electron chi connectivity index (χ0n) is 16.3. The van der Waals surface area contributed by atoms with Crippen LogP contribution in [0.1, 0.15) is 31.2 Å². The summed E-state index contributed by atoms with van der Waals surface area (Å²) >= 11 is 0. The van der Waals surface area contributed by atoms with Gasteiger partial charge in [0.2, 0.25) is 5.91 Å². The van der Waals surface area contributed by atoms with Crippen LogP contribution in [0.4, 0.5) is 5.69 Å². The molecule has 2 aliphatic rings. The van der Waals surface area contributed by atoms with Gasteiger partial charge in [-0.2, -0.15) is 0 Å². The molecule has 1 fully saturated rings. The van der Waals surface area contributed by atoms with Gasteiger partial charge in [-0.05, 0) is 42.7 Å². The molecule has 0 saturated heterocycles. The van der Waals surface area contributed by atoms with Gasteiger partial charge in [0.05, 0.1) is 18.2 Å². The fourth-order valence-corrected chi connectivity index (χ4v) is 4.42. The maximum absolute atomic E-state index is 11.1. The molecule has 5 rings (SSSR count). The monoisotopic (exact) mass is 389 g/mol. The van der Waals surface area contributed by atoms with E-state index in [0.717, 1.165) is 58.7 Å². The molecule has 1 saturated carbocycles. The molecule has 1 spiro atoms. The van der Waals surface area contributed by atoms with Crippen molar-refractivity contribution in [2.45, 2.75) is 31.1 Å². The Hall–Kier alpha value is -3.35. The summed E-state index contributed by atoms with van der Waals surface area (Å²) in [5, 5.41) is 4.57. The minimum Gasteiger partial charge on any atom is -0.496 e. The summed E-state index contributed by atoms with van der Waals surface area (Å²) in [5.41, 5.74) is 10.2. The minimum absolute atomic E-state index is 0.102. The third kappa shape index (κ3) is 2.76. The number of hydrogen-bond acceptors (Lipinski definition) is 4. The van der Waals surface area contributed by atoms with Crippen LogP contribution in [0.3, 0.4) is 0 Å². The van der Waals surface area contributed by atoms with E-state index in [0.29, 0.717) is 6.54 Å². The highest BCUT2D eigenvalue weighted by molar-refractivity contribution is 6.11. The van der Waals surface area contributed by atoms with E-state index in [-0.39, 0.29) is 17.7 Å². The van der Waals surface area contributed by atoms with Gasteiger partial charge in [-0.1, -0.05) is 6.42 Å². The number of methoxy groups -OCH3 is 1. The van der Waals surface area contributed by atoms with E-state index in [2.05, 4.69) is 32.4 Å². The molecule has 2 aromatic heterocycles. The third-order valence-electron chi connectivity index (χ3n) is 6.11. The van der Waals surface area contributed by atoms with Gasteiger partial charge in [0.15, 0.2) is 0 Å². The number of benzene rings is 1. The molecule has 3 heterocycles. The van der Waals surface area contributed by atoms with Gasteiger partial charge in [0.1, 0.15) is 11.6 Å². The van der Waals surface area contributed by atoms with Gasteiger partial charge in [0, 0.05) is 47.5 Å². The molecule has 7 heteroatoms. The average Bonchev–Trinajstić information content (AvgIpc) is 3.27. The largest absolute Gasteiger partial charge is 0.496 e. The van der Waals surface area contributed by atoms with Crippen molar-refractivity contribution in [1.29, 1.82) is 0 Å². The van der Waals surface area contributed by atoms with E-state index < -0.39 is 0 Å². The molecule has 0 atom stereocenters. The molecule has 4 N–H and O–H groups in total. The number of nitrogens with zero attached hydrogens (tertiary/aromatic N) is 2. The molecule has 7 nitrogen and oxygen atoms in total. The summed E-state index contributed by atoms with van der Waals surface area (Å²) < 4.78 is 5.75. The fourth-order valence-electron chi connectivity index (χ4n) is 4.42. The Labute approximate surface area is 168 Å². The van der Waals surface area contributed by atoms with Crippen LogP contribution >= 0.6 is 0 Å². The Bertz CT molecular complexity index is 1140. The lowest BCUT2D eigenvalue weighted by Crippen LogP contribution is -2.41. The number of carbonyl (C=O) groups is 1. The van der Waals surface area contributed by atoms with Crippen LogP contribution in [0.15, 0.2) is 41.7 Å². The lowest BCUT2D eigenvalue weighted by atomic mass is 9.64. The second-order valence-corrected chi connectivity index (χ2v) is 7.74. The van der Waals surface area contributed by atoms with Crippen molar-refractivity contribution in [3.8, 4) is 17.0 Å². The highest BCUT2D eigenvalue weighted by atomic mass is 16.5. The number of aliphatic imine (C=N–C) groups is 1. The topological polar surface area (TPSA) is 105 Å². The van der Waals surface area contributed by atoms with Crippen molar-refractivity contribution in [2.75, 3.05) is 19.0 Å². The molecule has 29 heavy (non-hydrogen) atoms. The van der Waals surface area contributed by atoms with Crippen LogP contribution in [-0.4, -0.2) is 35.4 Å². The summed E-state index contributed by atoms with van der Waals surface area (Å²) in [7, 11) is 1.69. The average molecular weight is 389 g/mol. The molecule has 148 valence electrons. The van der Waals surface area contributed by atoms with Crippen LogP contribution in [0.25, 0.3) is 22.2 Å². The second-order valence-electron chi connectivity index (χ2n) is 7.74. The number of carbonyl (C=O) groups excluding carboxylic acids is 1. The van der Waals surface area contributed by atoms with Gasteiger partial charge in [0.25, 0.3) is 0 Å². The molecule has 0 bridgehead atoms. The van der Waals surface area contributed by atoms with Crippen LogP contribution in [-0.2, 0) is 10.2 Å². The van der Waals surface area contributed by atoms with E-state index in [1.165, 1.54) is 5.56 Å². The van der Waals surface area contributed by atoms with E-state index >= 15 is 0 Å². The van der Waals surface area contributed by atoms with E-state index in [9.17, 15) is 4.79 Å². The van der Waals surface area contributed by atoms with Crippen LogP contribution in [0.2, 0.25) is 0 Å². The summed E-state index contributed by atoms with van der Waals surface area (Å²) in [5.74, 6) is 1.41. The number of H-pyrrole nitrogens is 1. The lowest BCUT2D eigenvalue weighted by molar-refractivity contribution is -0.117. The zero-order chi connectivity index (χ0) is 20.0. The standard InChI is InChI=1S/C22H23N5O2/c1-29-19-10-15-18(9-14(19)17-11-16-13(12-26-17)3-7-24-16)27-21(22(15)5-2-6-22)25-8-4-20(23)28/h3,7,9-12,24H,2,4-6,8H2,1H3,(H2,23,28)(H,25,27). The smallest absolute Gasteiger partial charge is 0.219 e.